The van der Waals surface area contributed by atoms with Crippen LogP contribution in [0.4, 0.5) is 0 Å². The maximum atomic E-state index is 13.0. The molecule has 0 atom stereocenters. The molecule has 4 aliphatic rings. The van der Waals surface area contributed by atoms with Crippen molar-refractivity contribution in [2.45, 2.75) is 45.1 Å². The fraction of sp³-hybridized carbons (Fsp3) is 0.550. The second kappa shape index (κ2) is 5.07. The van der Waals surface area contributed by atoms with Crippen LogP contribution in [-0.2, 0) is 11.3 Å². The molecule has 0 unspecified atom stereocenters. The van der Waals surface area contributed by atoms with Crippen LogP contribution in [0.5, 0.6) is 0 Å². The van der Waals surface area contributed by atoms with E-state index in [1.807, 2.05) is 0 Å². The molecule has 6 rings (SSSR count). The summed E-state index contributed by atoms with van der Waals surface area (Å²) in [5, 5.41) is 4.58. The molecule has 0 spiro atoms. The minimum absolute atomic E-state index is 0.0224. The Hall–Kier alpha value is -1.35. The summed E-state index contributed by atoms with van der Waals surface area (Å²) in [6.07, 6.45) is 7.63. The van der Waals surface area contributed by atoms with Gasteiger partial charge in [0.1, 0.15) is 0 Å². The van der Waals surface area contributed by atoms with Crippen LogP contribution >= 0.6 is 11.3 Å². The third kappa shape index (κ3) is 2.32. The van der Waals surface area contributed by atoms with Crippen LogP contribution in [-0.4, -0.2) is 5.91 Å². The van der Waals surface area contributed by atoms with Crippen molar-refractivity contribution in [2.75, 3.05) is 0 Å². The van der Waals surface area contributed by atoms with Gasteiger partial charge in [-0.1, -0.05) is 18.2 Å². The van der Waals surface area contributed by atoms with Gasteiger partial charge in [0.05, 0.1) is 6.54 Å². The van der Waals surface area contributed by atoms with E-state index in [0.29, 0.717) is 12.5 Å². The molecule has 0 aliphatic heterocycles. The number of carbonyl (C=O) groups excluding carboxylic acids is 1. The zero-order chi connectivity index (χ0) is 15.4. The molecule has 4 aliphatic carbocycles. The third-order valence-electron chi connectivity index (χ3n) is 6.42. The van der Waals surface area contributed by atoms with E-state index in [0.717, 1.165) is 37.0 Å². The first-order valence-corrected chi connectivity index (χ1v) is 9.78. The van der Waals surface area contributed by atoms with Crippen LogP contribution in [0.25, 0.3) is 10.1 Å². The SMILES string of the molecule is O=C(NCc1cc2ccccc2s1)C12CC3CC(CC(C3)C1)C2. The molecule has 1 N–H and O–H groups in total. The molecule has 1 aromatic heterocycles. The van der Waals surface area contributed by atoms with Crippen LogP contribution in [0.1, 0.15) is 43.4 Å². The van der Waals surface area contributed by atoms with Gasteiger partial charge in [-0.05, 0) is 73.8 Å². The minimum Gasteiger partial charge on any atom is -0.351 e. The standard InChI is InChI=1S/C20H23NOS/c22-19(20-9-13-5-14(10-20)7-15(6-13)11-20)21-12-17-8-16-3-1-2-4-18(16)23-17/h1-4,8,13-15H,5-7,9-12H2,(H,21,22). The smallest absolute Gasteiger partial charge is 0.226 e. The summed E-state index contributed by atoms with van der Waals surface area (Å²) in [6, 6.07) is 10.7. The van der Waals surface area contributed by atoms with Crippen molar-refractivity contribution in [3.05, 3.63) is 35.2 Å². The highest BCUT2D eigenvalue weighted by Gasteiger charge is 2.54. The maximum Gasteiger partial charge on any atom is 0.226 e. The maximum absolute atomic E-state index is 13.0. The van der Waals surface area contributed by atoms with E-state index in [2.05, 4.69) is 35.6 Å². The van der Waals surface area contributed by atoms with Crippen molar-refractivity contribution in [3.63, 3.8) is 0 Å². The zero-order valence-electron chi connectivity index (χ0n) is 13.4. The lowest BCUT2D eigenvalue weighted by Gasteiger charge is -2.55. The van der Waals surface area contributed by atoms with Gasteiger partial charge in [-0.2, -0.15) is 0 Å². The molecule has 4 bridgehead atoms. The summed E-state index contributed by atoms with van der Waals surface area (Å²) >= 11 is 1.80. The highest BCUT2D eigenvalue weighted by atomic mass is 32.1. The number of rotatable bonds is 3. The van der Waals surface area contributed by atoms with Crippen LogP contribution in [0, 0.1) is 23.2 Å². The molecular formula is C20H23NOS. The minimum atomic E-state index is -0.0224. The van der Waals surface area contributed by atoms with Gasteiger partial charge in [-0.3, -0.25) is 4.79 Å². The normalized spacial score (nSPS) is 34.9. The zero-order valence-corrected chi connectivity index (χ0v) is 14.2. The molecule has 1 aromatic carbocycles. The quantitative estimate of drug-likeness (QED) is 0.868. The molecule has 3 heteroatoms. The van der Waals surface area contributed by atoms with Crippen molar-refractivity contribution in [3.8, 4) is 0 Å². The predicted octanol–water partition coefficient (Wildman–Crippen LogP) is 4.73. The topological polar surface area (TPSA) is 29.1 Å². The Labute approximate surface area is 141 Å². The highest BCUT2D eigenvalue weighted by Crippen LogP contribution is 2.60. The van der Waals surface area contributed by atoms with E-state index < -0.39 is 0 Å². The van der Waals surface area contributed by atoms with Crippen LogP contribution in [0.15, 0.2) is 30.3 Å². The van der Waals surface area contributed by atoms with E-state index >= 15 is 0 Å². The first kappa shape index (κ1) is 14.0. The lowest BCUT2D eigenvalue weighted by molar-refractivity contribution is -0.146. The molecule has 4 saturated carbocycles. The van der Waals surface area contributed by atoms with E-state index in [1.165, 1.54) is 34.2 Å². The highest BCUT2D eigenvalue weighted by molar-refractivity contribution is 7.19. The molecule has 1 amide bonds. The molecule has 120 valence electrons. The Morgan fingerprint density at radius 3 is 2.39 bits per heavy atom. The van der Waals surface area contributed by atoms with E-state index in [1.54, 1.807) is 11.3 Å². The van der Waals surface area contributed by atoms with Gasteiger partial charge in [0.15, 0.2) is 0 Å². The van der Waals surface area contributed by atoms with Gasteiger partial charge >= 0.3 is 0 Å². The Bertz CT molecular complexity index is 694. The van der Waals surface area contributed by atoms with Crippen LogP contribution in [0.3, 0.4) is 0 Å². The Morgan fingerprint density at radius 1 is 1.09 bits per heavy atom. The van der Waals surface area contributed by atoms with Crippen molar-refractivity contribution in [1.29, 1.82) is 0 Å². The van der Waals surface area contributed by atoms with E-state index in [4.69, 9.17) is 0 Å². The second-order valence-corrected chi connectivity index (χ2v) is 9.30. The van der Waals surface area contributed by atoms with Gasteiger partial charge in [0.25, 0.3) is 0 Å². The summed E-state index contributed by atoms with van der Waals surface area (Å²) < 4.78 is 1.31. The average molecular weight is 325 g/mol. The van der Waals surface area contributed by atoms with Gasteiger partial charge in [0, 0.05) is 15.0 Å². The second-order valence-electron chi connectivity index (χ2n) is 8.13. The Balaban J connectivity index is 1.31. The number of carbonyl (C=O) groups is 1. The largest absolute Gasteiger partial charge is 0.351 e. The Morgan fingerprint density at radius 2 is 1.74 bits per heavy atom. The Kier molecular flexibility index (Phi) is 3.09. The number of hydrogen-bond donors (Lipinski definition) is 1. The predicted molar refractivity (Wildman–Crippen MR) is 94.3 cm³/mol. The summed E-state index contributed by atoms with van der Waals surface area (Å²) in [5.74, 6) is 2.83. The lowest BCUT2D eigenvalue weighted by Crippen LogP contribution is -2.53. The van der Waals surface area contributed by atoms with Gasteiger partial charge in [0.2, 0.25) is 5.91 Å². The molecule has 2 nitrogen and oxygen atoms in total. The number of amides is 1. The lowest BCUT2D eigenvalue weighted by atomic mass is 9.49. The fourth-order valence-electron chi connectivity index (χ4n) is 5.87. The van der Waals surface area contributed by atoms with Gasteiger partial charge in [-0.25, -0.2) is 0 Å². The fourth-order valence-corrected chi connectivity index (χ4v) is 6.87. The van der Waals surface area contributed by atoms with Crippen molar-refractivity contribution >= 4 is 27.3 Å². The summed E-state index contributed by atoms with van der Waals surface area (Å²) in [7, 11) is 0. The average Bonchev–Trinajstić information content (AvgIpc) is 2.94. The summed E-state index contributed by atoms with van der Waals surface area (Å²) in [5.41, 5.74) is -0.0224. The molecule has 0 radical (unpaired) electrons. The molecule has 2 aromatic rings. The monoisotopic (exact) mass is 325 g/mol. The number of benzene rings is 1. The van der Waals surface area contributed by atoms with Crippen LogP contribution in [0.2, 0.25) is 0 Å². The van der Waals surface area contributed by atoms with Crippen LogP contribution < -0.4 is 5.32 Å². The first-order valence-electron chi connectivity index (χ1n) is 8.96. The molecule has 23 heavy (non-hydrogen) atoms. The van der Waals surface area contributed by atoms with Crippen molar-refractivity contribution in [1.82, 2.24) is 5.32 Å². The first-order chi connectivity index (χ1) is 11.2. The van der Waals surface area contributed by atoms with Gasteiger partial charge in [-0.15, -0.1) is 11.3 Å². The number of hydrogen-bond acceptors (Lipinski definition) is 2. The summed E-state index contributed by atoms with van der Waals surface area (Å²) in [6.45, 7) is 0.694. The number of nitrogens with one attached hydrogen (secondary N) is 1. The van der Waals surface area contributed by atoms with E-state index in [-0.39, 0.29) is 5.41 Å². The van der Waals surface area contributed by atoms with Crippen molar-refractivity contribution < 1.29 is 4.79 Å². The molecule has 1 heterocycles. The molecule has 0 saturated heterocycles. The van der Waals surface area contributed by atoms with Crippen molar-refractivity contribution in [2.24, 2.45) is 23.2 Å². The van der Waals surface area contributed by atoms with Gasteiger partial charge < -0.3 is 5.32 Å². The molecular weight excluding hydrogens is 302 g/mol. The van der Waals surface area contributed by atoms with E-state index in [9.17, 15) is 4.79 Å². The third-order valence-corrected chi connectivity index (χ3v) is 7.54. The summed E-state index contributed by atoms with van der Waals surface area (Å²) in [4.78, 5) is 14.2. The molecule has 4 fully saturated rings. The number of thiophene rings is 1. The number of fused-ring (bicyclic) bond motifs is 1.